The first kappa shape index (κ1) is 27.8. The smallest absolute Gasteiger partial charge is 0.338 e. The van der Waals surface area contributed by atoms with E-state index in [2.05, 4.69) is 21.3 Å². The van der Waals surface area contributed by atoms with Crippen molar-refractivity contribution in [2.45, 2.75) is 70.4 Å². The first-order valence-electron chi connectivity index (χ1n) is 14.4. The highest BCUT2D eigenvalue weighted by Gasteiger charge is 2.44. The summed E-state index contributed by atoms with van der Waals surface area (Å²) in [6, 6.07) is 1.76. The molecule has 3 amide bonds. The number of nitrogens with two attached hydrogens (primary N) is 2. The number of amides is 3. The van der Waals surface area contributed by atoms with E-state index in [0.29, 0.717) is 43.6 Å². The number of aromatic nitrogens is 2. The van der Waals surface area contributed by atoms with Crippen LogP contribution in [0.2, 0.25) is 0 Å². The molecule has 2 aliphatic heterocycles. The second-order valence-electron chi connectivity index (χ2n) is 12.7. The number of piperazine rings is 1. The Labute approximate surface area is 230 Å². The number of rotatable bonds is 5. The van der Waals surface area contributed by atoms with Crippen molar-refractivity contribution in [2.75, 3.05) is 51.1 Å². The summed E-state index contributed by atoms with van der Waals surface area (Å²) >= 11 is 0. The Balaban J connectivity index is 1.09. The van der Waals surface area contributed by atoms with Gasteiger partial charge < -0.3 is 26.2 Å². The van der Waals surface area contributed by atoms with Gasteiger partial charge in [0.1, 0.15) is 5.82 Å². The summed E-state index contributed by atoms with van der Waals surface area (Å²) in [7, 11) is 0. The fourth-order valence-electron chi connectivity index (χ4n) is 6.70. The summed E-state index contributed by atoms with van der Waals surface area (Å²) in [6.07, 6.45) is 11.7. The van der Waals surface area contributed by atoms with Crippen LogP contribution in [0.5, 0.6) is 0 Å². The quantitative estimate of drug-likeness (QED) is 0.514. The summed E-state index contributed by atoms with van der Waals surface area (Å²) in [5, 5.41) is 2.73. The van der Waals surface area contributed by atoms with Crippen LogP contribution < -0.4 is 22.5 Å². The molecule has 2 saturated heterocycles. The van der Waals surface area contributed by atoms with E-state index in [1.165, 1.54) is 38.8 Å². The highest BCUT2D eigenvalue weighted by molar-refractivity contribution is 5.89. The molecular weight excluding hydrogens is 496 g/mol. The molecule has 11 heteroatoms. The first-order chi connectivity index (χ1) is 18.5. The van der Waals surface area contributed by atoms with E-state index < -0.39 is 11.2 Å². The van der Waals surface area contributed by atoms with Gasteiger partial charge in [-0.05, 0) is 89.3 Å². The molecule has 1 aromatic rings. The Bertz CT molecular complexity index is 1150. The van der Waals surface area contributed by atoms with Crippen LogP contribution in [-0.2, 0) is 4.79 Å². The molecule has 1 aromatic heterocycles. The third-order valence-electron chi connectivity index (χ3n) is 9.07. The van der Waals surface area contributed by atoms with Crippen LogP contribution in [0.25, 0.3) is 5.70 Å². The van der Waals surface area contributed by atoms with Crippen LogP contribution in [0.4, 0.5) is 10.6 Å². The number of carbonyl (C=O) groups is 2. The number of hydrogen-bond acceptors (Lipinski definition) is 7. The maximum Gasteiger partial charge on any atom is 0.353 e. The number of hydrogen-bond donors (Lipinski definition) is 3. The fourth-order valence-corrected chi connectivity index (χ4v) is 6.70. The fraction of sp³-hybridized carbons (Fsp3) is 0.714. The van der Waals surface area contributed by atoms with Gasteiger partial charge in [-0.1, -0.05) is 6.08 Å². The van der Waals surface area contributed by atoms with E-state index >= 15 is 0 Å². The highest BCUT2D eigenvalue weighted by atomic mass is 16.2. The van der Waals surface area contributed by atoms with E-state index in [1.54, 1.807) is 40.5 Å². The average molecular weight is 541 g/mol. The number of likely N-dealkylation sites (tertiary alicyclic amines) is 1. The Kier molecular flexibility index (Phi) is 7.85. The minimum atomic E-state index is -0.936. The molecule has 0 aromatic carbocycles. The van der Waals surface area contributed by atoms with Crippen molar-refractivity contribution in [2.24, 2.45) is 22.8 Å². The lowest BCUT2D eigenvalue weighted by Gasteiger charge is -2.51. The molecule has 3 heterocycles. The lowest BCUT2D eigenvalue weighted by molar-refractivity contribution is -0.137. The second kappa shape index (κ2) is 11.0. The van der Waals surface area contributed by atoms with E-state index in [-0.39, 0.29) is 17.8 Å². The van der Waals surface area contributed by atoms with Crippen molar-refractivity contribution in [3.05, 3.63) is 28.8 Å². The van der Waals surface area contributed by atoms with Crippen LogP contribution in [-0.4, -0.2) is 93.6 Å². The van der Waals surface area contributed by atoms with Gasteiger partial charge in [-0.2, -0.15) is 4.98 Å². The van der Waals surface area contributed by atoms with Gasteiger partial charge in [0, 0.05) is 50.7 Å². The number of anilines is 1. The predicted molar refractivity (Wildman–Crippen MR) is 151 cm³/mol. The largest absolute Gasteiger partial charge is 0.353 e. The molecule has 0 bridgehead atoms. The SMILES string of the molecule is CC(C)(N)C(=O)N1CCN(C(=O)Nc2ccn(C3=CCC(CN4CCC5(CC4)CC(N)C5)CC3)c(=O)n2)CC1. The number of carbonyl (C=O) groups excluding carboxylic acids is 2. The number of allylic oxidation sites excluding steroid dienone is 2. The molecule has 1 spiro atoms. The molecule has 2 aliphatic carbocycles. The molecule has 214 valence electrons. The maximum atomic E-state index is 12.8. The zero-order valence-electron chi connectivity index (χ0n) is 23.4. The monoisotopic (exact) mass is 540 g/mol. The van der Waals surface area contributed by atoms with Crippen LogP contribution in [0.15, 0.2) is 23.1 Å². The number of nitrogens with one attached hydrogen (secondary N) is 1. The van der Waals surface area contributed by atoms with Crippen molar-refractivity contribution >= 4 is 23.5 Å². The minimum Gasteiger partial charge on any atom is -0.338 e. The molecule has 3 fully saturated rings. The van der Waals surface area contributed by atoms with Gasteiger partial charge in [0.25, 0.3) is 0 Å². The van der Waals surface area contributed by atoms with Gasteiger partial charge >= 0.3 is 11.7 Å². The normalized spacial score (nSPS) is 24.3. The van der Waals surface area contributed by atoms with Crippen molar-refractivity contribution in [1.29, 1.82) is 0 Å². The van der Waals surface area contributed by atoms with Crippen molar-refractivity contribution in [1.82, 2.24) is 24.3 Å². The second-order valence-corrected chi connectivity index (χ2v) is 12.7. The Hall–Kier alpha value is -2.76. The molecule has 4 aliphatic rings. The third-order valence-corrected chi connectivity index (χ3v) is 9.07. The maximum absolute atomic E-state index is 12.8. The zero-order chi connectivity index (χ0) is 27.8. The predicted octanol–water partition coefficient (Wildman–Crippen LogP) is 1.50. The zero-order valence-corrected chi connectivity index (χ0v) is 23.4. The summed E-state index contributed by atoms with van der Waals surface area (Å²) in [5.74, 6) is 0.711. The average Bonchev–Trinajstić information content (AvgIpc) is 2.89. The van der Waals surface area contributed by atoms with Crippen molar-refractivity contribution < 1.29 is 9.59 Å². The molecule has 0 radical (unpaired) electrons. The van der Waals surface area contributed by atoms with Gasteiger partial charge in [-0.15, -0.1) is 0 Å². The highest BCUT2D eigenvalue weighted by Crippen LogP contribution is 2.48. The summed E-state index contributed by atoms with van der Waals surface area (Å²) in [5.41, 5.74) is 12.1. The van der Waals surface area contributed by atoms with Gasteiger partial charge in [0.2, 0.25) is 5.91 Å². The van der Waals surface area contributed by atoms with Crippen LogP contribution >= 0.6 is 0 Å². The standard InChI is InChI=1S/C28H44N8O3/c1-27(2,30)24(37)34-13-15-35(16-14-34)25(38)31-23-7-10-36(26(39)32-23)22-5-3-20(4-6-22)19-33-11-8-28(9-12-33)17-21(29)18-28/h5,7,10,20-21H,3-4,6,8-9,11-19,29-30H2,1-2H3,(H,31,32,38,39). The van der Waals surface area contributed by atoms with E-state index in [9.17, 15) is 14.4 Å². The van der Waals surface area contributed by atoms with Gasteiger partial charge in [-0.25, -0.2) is 9.59 Å². The molecule has 11 nitrogen and oxygen atoms in total. The van der Waals surface area contributed by atoms with Gasteiger partial charge in [0.15, 0.2) is 0 Å². The van der Waals surface area contributed by atoms with E-state index in [0.717, 1.165) is 31.5 Å². The molecule has 39 heavy (non-hydrogen) atoms. The van der Waals surface area contributed by atoms with Crippen LogP contribution in [0, 0.1) is 11.3 Å². The molecule has 5 N–H and O–H groups in total. The molecular formula is C28H44N8O3. The molecule has 1 saturated carbocycles. The Morgan fingerprint density at radius 2 is 1.77 bits per heavy atom. The molecule has 1 unspecified atom stereocenters. The third kappa shape index (κ3) is 6.36. The number of nitrogens with zero attached hydrogens (tertiary/aromatic N) is 5. The first-order valence-corrected chi connectivity index (χ1v) is 14.4. The lowest BCUT2D eigenvalue weighted by Crippen LogP contribution is -2.58. The van der Waals surface area contributed by atoms with Crippen LogP contribution in [0.3, 0.4) is 0 Å². The van der Waals surface area contributed by atoms with Crippen LogP contribution in [0.1, 0.15) is 58.8 Å². The van der Waals surface area contributed by atoms with Gasteiger partial charge in [0.05, 0.1) is 5.54 Å². The van der Waals surface area contributed by atoms with E-state index in [1.807, 2.05) is 0 Å². The van der Waals surface area contributed by atoms with Crippen molar-refractivity contribution in [3.8, 4) is 0 Å². The lowest BCUT2D eigenvalue weighted by atomic mass is 9.60. The molecule has 1 atom stereocenters. The van der Waals surface area contributed by atoms with Crippen molar-refractivity contribution in [3.63, 3.8) is 0 Å². The summed E-state index contributed by atoms with van der Waals surface area (Å²) < 4.78 is 1.59. The number of urea groups is 1. The number of piperidine rings is 1. The van der Waals surface area contributed by atoms with Gasteiger partial charge in [-0.3, -0.25) is 14.7 Å². The minimum absolute atomic E-state index is 0.130. The Morgan fingerprint density at radius 1 is 1.10 bits per heavy atom. The summed E-state index contributed by atoms with van der Waals surface area (Å²) in [4.78, 5) is 47.9. The Morgan fingerprint density at radius 3 is 2.33 bits per heavy atom. The summed E-state index contributed by atoms with van der Waals surface area (Å²) in [6.45, 7) is 8.47. The topological polar surface area (TPSA) is 143 Å². The molecule has 5 rings (SSSR count). The van der Waals surface area contributed by atoms with E-state index in [4.69, 9.17) is 11.5 Å².